The summed E-state index contributed by atoms with van der Waals surface area (Å²) < 4.78 is 0. The number of allylic oxidation sites excluding steroid dienone is 2. The third-order valence-corrected chi connectivity index (χ3v) is 5.03. The normalized spacial score (nSPS) is 17.0. The molecular weight excluding hydrogens is 355 g/mol. The summed E-state index contributed by atoms with van der Waals surface area (Å²) in [5.41, 5.74) is 1.99. The molecule has 2 aromatic carbocycles. The van der Waals surface area contributed by atoms with E-state index in [0.29, 0.717) is 27.6 Å². The molecule has 0 saturated heterocycles. The van der Waals surface area contributed by atoms with Crippen LogP contribution in [0.5, 0.6) is 0 Å². The molecule has 1 aliphatic carbocycles. The van der Waals surface area contributed by atoms with Crippen LogP contribution in [0.3, 0.4) is 0 Å². The molecule has 2 nitrogen and oxygen atoms in total. The highest BCUT2D eigenvalue weighted by molar-refractivity contribution is 6.31. The van der Waals surface area contributed by atoms with Crippen molar-refractivity contribution >= 4 is 34.8 Å². The Morgan fingerprint density at radius 1 is 0.880 bits per heavy atom. The molecule has 3 rings (SSSR count). The summed E-state index contributed by atoms with van der Waals surface area (Å²) in [6.07, 6.45) is 5.05. The third-order valence-electron chi connectivity index (χ3n) is 4.53. The van der Waals surface area contributed by atoms with E-state index in [0.717, 1.165) is 24.8 Å². The highest BCUT2D eigenvalue weighted by Gasteiger charge is 2.26. The molecule has 128 valence electrons. The zero-order valence-electron chi connectivity index (χ0n) is 13.7. The molecule has 0 aliphatic heterocycles. The topological polar surface area (TPSA) is 34.1 Å². The van der Waals surface area contributed by atoms with Gasteiger partial charge in [0.1, 0.15) is 0 Å². The van der Waals surface area contributed by atoms with E-state index in [1.54, 1.807) is 48.5 Å². The van der Waals surface area contributed by atoms with Gasteiger partial charge < -0.3 is 0 Å². The van der Waals surface area contributed by atoms with Crippen LogP contribution in [0.15, 0.2) is 60.2 Å². The van der Waals surface area contributed by atoms with E-state index in [4.69, 9.17) is 23.2 Å². The monoisotopic (exact) mass is 372 g/mol. The van der Waals surface area contributed by atoms with E-state index in [-0.39, 0.29) is 17.5 Å². The minimum absolute atomic E-state index is 0.00901. The van der Waals surface area contributed by atoms with Gasteiger partial charge in [0.15, 0.2) is 11.6 Å². The standard InChI is InChI=1S/C21H18Cl2O2/c22-17-9-5-14(6-10-17)20(24)13-16-3-1-2-4-19(16)21(25)15-7-11-18(23)12-8-15/h4-12,16H,1-3,13H2/t16-/m0/s1. The zero-order valence-corrected chi connectivity index (χ0v) is 15.2. The maximum Gasteiger partial charge on any atom is 0.188 e. The van der Waals surface area contributed by atoms with Crippen LogP contribution in [0.25, 0.3) is 0 Å². The zero-order chi connectivity index (χ0) is 17.8. The second kappa shape index (κ2) is 7.99. The van der Waals surface area contributed by atoms with Crippen LogP contribution in [0.2, 0.25) is 10.0 Å². The van der Waals surface area contributed by atoms with Gasteiger partial charge in [-0.05, 0) is 79.3 Å². The molecule has 0 saturated carbocycles. The summed E-state index contributed by atoms with van der Waals surface area (Å²) in [6.45, 7) is 0. The first kappa shape index (κ1) is 17.9. The van der Waals surface area contributed by atoms with E-state index in [2.05, 4.69) is 0 Å². The van der Waals surface area contributed by atoms with Crippen LogP contribution in [0, 0.1) is 5.92 Å². The molecule has 0 amide bonds. The summed E-state index contributed by atoms with van der Waals surface area (Å²) >= 11 is 11.8. The van der Waals surface area contributed by atoms with Gasteiger partial charge >= 0.3 is 0 Å². The number of ketones is 2. The lowest BCUT2D eigenvalue weighted by Gasteiger charge is -2.23. The number of benzene rings is 2. The van der Waals surface area contributed by atoms with Gasteiger partial charge in [-0.25, -0.2) is 0 Å². The van der Waals surface area contributed by atoms with Crippen LogP contribution in [-0.2, 0) is 0 Å². The highest BCUT2D eigenvalue weighted by atomic mass is 35.5. The third kappa shape index (κ3) is 4.39. The van der Waals surface area contributed by atoms with E-state index >= 15 is 0 Å². The fraction of sp³-hybridized carbons (Fsp3) is 0.238. The molecule has 0 radical (unpaired) electrons. The Kier molecular flexibility index (Phi) is 5.72. The molecule has 0 heterocycles. The first-order chi connectivity index (χ1) is 12.0. The first-order valence-electron chi connectivity index (χ1n) is 8.33. The average Bonchev–Trinajstić information content (AvgIpc) is 2.63. The molecular formula is C21H18Cl2O2. The quantitative estimate of drug-likeness (QED) is 0.587. The van der Waals surface area contributed by atoms with Gasteiger partial charge in [-0.3, -0.25) is 9.59 Å². The largest absolute Gasteiger partial charge is 0.294 e. The highest BCUT2D eigenvalue weighted by Crippen LogP contribution is 2.31. The van der Waals surface area contributed by atoms with Gasteiger partial charge in [0.2, 0.25) is 0 Å². The van der Waals surface area contributed by atoms with E-state index < -0.39 is 0 Å². The van der Waals surface area contributed by atoms with E-state index in [1.807, 2.05) is 6.08 Å². The van der Waals surface area contributed by atoms with Crippen LogP contribution in [0.4, 0.5) is 0 Å². The SMILES string of the molecule is O=C(C[C@@H]1CCCC=C1C(=O)c1ccc(Cl)cc1)c1ccc(Cl)cc1. The van der Waals surface area contributed by atoms with Crippen molar-refractivity contribution in [3.05, 3.63) is 81.4 Å². The molecule has 0 N–H and O–H groups in total. The molecule has 2 aromatic rings. The number of rotatable bonds is 5. The summed E-state index contributed by atoms with van der Waals surface area (Å²) in [5, 5.41) is 1.20. The minimum atomic E-state index is -0.0416. The predicted octanol–water partition coefficient (Wildman–Crippen LogP) is 6.18. The molecule has 25 heavy (non-hydrogen) atoms. The number of halogens is 2. The van der Waals surface area contributed by atoms with E-state index in [1.165, 1.54) is 0 Å². The van der Waals surface area contributed by atoms with E-state index in [9.17, 15) is 9.59 Å². The molecule has 0 unspecified atom stereocenters. The number of carbonyl (C=O) groups excluding carboxylic acids is 2. The maximum atomic E-state index is 12.8. The number of carbonyl (C=O) groups is 2. The lowest BCUT2D eigenvalue weighted by molar-refractivity contribution is 0.0953. The van der Waals surface area contributed by atoms with Crippen molar-refractivity contribution in [3.63, 3.8) is 0 Å². The van der Waals surface area contributed by atoms with Gasteiger partial charge in [0.25, 0.3) is 0 Å². The Hall–Kier alpha value is -1.90. The maximum absolute atomic E-state index is 12.8. The van der Waals surface area contributed by atoms with Crippen molar-refractivity contribution in [1.29, 1.82) is 0 Å². The molecule has 0 aromatic heterocycles. The molecule has 1 atom stereocenters. The van der Waals surface area contributed by atoms with Crippen molar-refractivity contribution in [1.82, 2.24) is 0 Å². The molecule has 4 heteroatoms. The van der Waals surface area contributed by atoms with Gasteiger partial charge in [0, 0.05) is 27.6 Å². The van der Waals surface area contributed by atoms with Crippen molar-refractivity contribution in [2.45, 2.75) is 25.7 Å². The fourth-order valence-electron chi connectivity index (χ4n) is 3.18. The predicted molar refractivity (Wildman–Crippen MR) is 102 cm³/mol. The summed E-state index contributed by atoms with van der Waals surface area (Å²) in [7, 11) is 0. The summed E-state index contributed by atoms with van der Waals surface area (Å²) in [4.78, 5) is 25.4. The van der Waals surface area contributed by atoms with Gasteiger partial charge in [-0.2, -0.15) is 0 Å². The Morgan fingerprint density at radius 3 is 2.04 bits per heavy atom. The lowest BCUT2D eigenvalue weighted by atomic mass is 9.80. The smallest absolute Gasteiger partial charge is 0.188 e. The van der Waals surface area contributed by atoms with Crippen LogP contribution < -0.4 is 0 Å². The number of Topliss-reactive ketones (excluding diaryl/α,β-unsaturated/α-hetero) is 2. The Morgan fingerprint density at radius 2 is 1.44 bits per heavy atom. The van der Waals surface area contributed by atoms with Crippen LogP contribution in [-0.4, -0.2) is 11.6 Å². The molecule has 0 spiro atoms. The lowest BCUT2D eigenvalue weighted by Crippen LogP contribution is -2.20. The van der Waals surface area contributed by atoms with Gasteiger partial charge in [-0.1, -0.05) is 29.3 Å². The van der Waals surface area contributed by atoms with Gasteiger partial charge in [-0.15, -0.1) is 0 Å². The van der Waals surface area contributed by atoms with Crippen LogP contribution in [0.1, 0.15) is 46.4 Å². The molecule has 1 aliphatic rings. The van der Waals surface area contributed by atoms with Crippen molar-refractivity contribution < 1.29 is 9.59 Å². The van der Waals surface area contributed by atoms with Crippen molar-refractivity contribution in [2.24, 2.45) is 5.92 Å². The number of hydrogen-bond acceptors (Lipinski definition) is 2. The second-order valence-corrected chi connectivity index (χ2v) is 7.13. The van der Waals surface area contributed by atoms with Crippen molar-refractivity contribution in [3.8, 4) is 0 Å². The minimum Gasteiger partial charge on any atom is -0.294 e. The first-order valence-corrected chi connectivity index (χ1v) is 9.09. The second-order valence-electron chi connectivity index (χ2n) is 6.26. The number of hydrogen-bond donors (Lipinski definition) is 0. The van der Waals surface area contributed by atoms with Crippen molar-refractivity contribution in [2.75, 3.05) is 0 Å². The molecule has 0 fully saturated rings. The van der Waals surface area contributed by atoms with Crippen LogP contribution >= 0.6 is 23.2 Å². The fourth-order valence-corrected chi connectivity index (χ4v) is 3.43. The Bertz CT molecular complexity index is 805. The Balaban J connectivity index is 1.77. The average molecular weight is 373 g/mol. The summed E-state index contributed by atoms with van der Waals surface area (Å²) in [5.74, 6) is -0.0104. The summed E-state index contributed by atoms with van der Waals surface area (Å²) in [6, 6.07) is 13.8. The Labute approximate surface area is 157 Å². The van der Waals surface area contributed by atoms with Gasteiger partial charge in [0.05, 0.1) is 0 Å². The molecule has 0 bridgehead atoms.